The van der Waals surface area contributed by atoms with Gasteiger partial charge in [0.1, 0.15) is 5.82 Å². The lowest BCUT2D eigenvalue weighted by Gasteiger charge is -2.46. The van der Waals surface area contributed by atoms with Crippen molar-refractivity contribution in [3.05, 3.63) is 65.7 Å². The number of benzene rings is 1. The molecule has 0 bridgehead atoms. The second-order valence-corrected chi connectivity index (χ2v) is 8.50. The highest BCUT2D eigenvalue weighted by Gasteiger charge is 2.48. The summed E-state index contributed by atoms with van der Waals surface area (Å²) in [4.78, 5) is 4.75. The zero-order valence-corrected chi connectivity index (χ0v) is 16.6. The first-order valence-electron chi connectivity index (χ1n) is 10.7. The van der Waals surface area contributed by atoms with Gasteiger partial charge >= 0.3 is 0 Å². The van der Waals surface area contributed by atoms with Crippen LogP contribution >= 0.6 is 0 Å². The monoisotopic (exact) mass is 382 g/mol. The Balaban J connectivity index is 1.40. The Bertz CT molecular complexity index is 760. The van der Waals surface area contributed by atoms with E-state index in [-0.39, 0.29) is 16.8 Å². The number of ether oxygens (including phenoxy) is 1. The molecule has 0 amide bonds. The van der Waals surface area contributed by atoms with E-state index in [4.69, 9.17) is 9.72 Å². The minimum absolute atomic E-state index is 0.0585. The van der Waals surface area contributed by atoms with Crippen LogP contribution in [-0.2, 0) is 16.6 Å². The molecule has 2 aliphatic rings. The van der Waals surface area contributed by atoms with Gasteiger partial charge < -0.3 is 10.1 Å². The van der Waals surface area contributed by atoms with Gasteiger partial charge in [-0.2, -0.15) is 0 Å². The minimum Gasteiger partial charge on any atom is -0.375 e. The zero-order chi connectivity index (χ0) is 19.3. The number of aromatic nitrogens is 1. The molecule has 1 aromatic carbocycles. The van der Waals surface area contributed by atoms with Gasteiger partial charge in [-0.25, -0.2) is 4.39 Å². The lowest BCUT2D eigenvalue weighted by Crippen LogP contribution is -2.47. The quantitative estimate of drug-likeness (QED) is 0.698. The van der Waals surface area contributed by atoms with Crippen LogP contribution in [0.2, 0.25) is 0 Å². The lowest BCUT2D eigenvalue weighted by atomic mass is 9.68. The van der Waals surface area contributed by atoms with Crippen molar-refractivity contribution < 1.29 is 9.13 Å². The topological polar surface area (TPSA) is 34.2 Å². The normalized spacial score (nSPS) is 23.9. The van der Waals surface area contributed by atoms with Gasteiger partial charge in [-0.05, 0) is 75.4 Å². The van der Waals surface area contributed by atoms with Crippen LogP contribution in [0.5, 0.6) is 0 Å². The lowest BCUT2D eigenvalue weighted by molar-refractivity contribution is -0.104. The Morgan fingerprint density at radius 1 is 1.00 bits per heavy atom. The smallest absolute Gasteiger partial charge is 0.126 e. The number of pyridine rings is 1. The molecule has 2 fully saturated rings. The molecule has 0 radical (unpaired) electrons. The molecule has 1 atom stereocenters. The maximum absolute atomic E-state index is 13.8. The number of hydrogen-bond acceptors (Lipinski definition) is 3. The third-order valence-electron chi connectivity index (χ3n) is 6.68. The fourth-order valence-corrected chi connectivity index (χ4v) is 5.17. The average Bonchev–Trinajstić information content (AvgIpc) is 3.17. The summed E-state index contributed by atoms with van der Waals surface area (Å²) < 4.78 is 20.1. The zero-order valence-electron chi connectivity index (χ0n) is 16.6. The van der Waals surface area contributed by atoms with Gasteiger partial charge in [0.15, 0.2) is 0 Å². The fraction of sp³-hybridized carbons (Fsp3) is 0.542. The molecular weight excluding hydrogens is 351 g/mol. The predicted octanol–water partition coefficient (Wildman–Crippen LogP) is 4.80. The molecule has 3 nitrogen and oxygen atoms in total. The van der Waals surface area contributed by atoms with E-state index in [1.165, 1.54) is 37.4 Å². The van der Waals surface area contributed by atoms with E-state index in [1.54, 1.807) is 6.07 Å². The Morgan fingerprint density at radius 2 is 1.82 bits per heavy atom. The molecular formula is C24H31FN2O. The SMILES string of the molecule is Fc1ccccc1CCNCC[C@]1(c2ccccn2)CCOC2(CCCC2)C1. The molecule has 28 heavy (non-hydrogen) atoms. The molecule has 150 valence electrons. The molecule has 1 aliphatic carbocycles. The minimum atomic E-state index is -0.109. The van der Waals surface area contributed by atoms with Crippen LogP contribution in [0.15, 0.2) is 48.7 Å². The van der Waals surface area contributed by atoms with Gasteiger partial charge in [0, 0.05) is 23.9 Å². The highest BCUT2D eigenvalue weighted by atomic mass is 19.1. The first-order chi connectivity index (χ1) is 13.7. The van der Waals surface area contributed by atoms with Gasteiger partial charge in [0.25, 0.3) is 0 Å². The number of halogens is 1. The maximum atomic E-state index is 13.8. The van der Waals surface area contributed by atoms with Crippen molar-refractivity contribution in [2.45, 2.75) is 62.4 Å². The summed E-state index contributed by atoms with van der Waals surface area (Å²) in [6, 6.07) is 13.3. The summed E-state index contributed by atoms with van der Waals surface area (Å²) in [5.74, 6) is -0.109. The molecule has 0 unspecified atom stereocenters. The summed E-state index contributed by atoms with van der Waals surface area (Å²) in [6.45, 7) is 2.54. The highest BCUT2D eigenvalue weighted by molar-refractivity contribution is 5.21. The number of hydrogen-bond donors (Lipinski definition) is 1. The van der Waals surface area contributed by atoms with Crippen molar-refractivity contribution in [1.29, 1.82) is 0 Å². The standard InChI is InChI=1S/C24H31FN2O/c25-21-8-2-1-7-20(21)10-16-26-17-13-23(22-9-3-6-15-27-22)14-18-28-24(19-23)11-4-5-12-24/h1-3,6-9,15,26H,4-5,10-14,16-19H2/t23-/m0/s1. The van der Waals surface area contributed by atoms with E-state index in [0.29, 0.717) is 0 Å². The molecule has 1 N–H and O–H groups in total. The molecule has 1 saturated heterocycles. The maximum Gasteiger partial charge on any atom is 0.126 e. The Labute approximate surface area is 167 Å². The molecule has 2 heterocycles. The van der Waals surface area contributed by atoms with Gasteiger partial charge in [0.05, 0.1) is 5.60 Å². The summed E-state index contributed by atoms with van der Waals surface area (Å²) >= 11 is 0. The van der Waals surface area contributed by atoms with Crippen LogP contribution in [0.3, 0.4) is 0 Å². The van der Waals surface area contributed by atoms with Crippen LogP contribution in [-0.4, -0.2) is 30.3 Å². The van der Waals surface area contributed by atoms with Crippen molar-refractivity contribution in [2.75, 3.05) is 19.7 Å². The van der Waals surface area contributed by atoms with Crippen molar-refractivity contribution in [3.8, 4) is 0 Å². The predicted molar refractivity (Wildman–Crippen MR) is 110 cm³/mol. The van der Waals surface area contributed by atoms with Crippen molar-refractivity contribution in [1.82, 2.24) is 10.3 Å². The van der Waals surface area contributed by atoms with Crippen LogP contribution in [0.4, 0.5) is 4.39 Å². The molecule has 1 spiro atoms. The first kappa shape index (κ1) is 19.5. The first-order valence-corrected chi connectivity index (χ1v) is 10.7. The highest BCUT2D eigenvalue weighted by Crippen LogP contribution is 2.49. The molecule has 1 saturated carbocycles. The third-order valence-corrected chi connectivity index (χ3v) is 6.68. The second kappa shape index (κ2) is 8.71. The summed E-state index contributed by atoms with van der Waals surface area (Å²) in [5.41, 5.74) is 2.13. The van der Waals surface area contributed by atoms with Crippen molar-refractivity contribution >= 4 is 0 Å². The Morgan fingerprint density at radius 3 is 2.61 bits per heavy atom. The van der Waals surface area contributed by atoms with Gasteiger partial charge in [0.2, 0.25) is 0 Å². The molecule has 1 aliphatic heterocycles. The van der Waals surface area contributed by atoms with E-state index in [2.05, 4.69) is 17.4 Å². The largest absolute Gasteiger partial charge is 0.375 e. The van der Waals surface area contributed by atoms with E-state index in [0.717, 1.165) is 50.9 Å². The fourth-order valence-electron chi connectivity index (χ4n) is 5.17. The van der Waals surface area contributed by atoms with E-state index in [9.17, 15) is 4.39 Å². The van der Waals surface area contributed by atoms with Gasteiger partial charge in [-0.1, -0.05) is 37.1 Å². The number of nitrogens with zero attached hydrogens (tertiary/aromatic N) is 1. The van der Waals surface area contributed by atoms with Crippen LogP contribution in [0.25, 0.3) is 0 Å². The summed E-state index contributed by atoms with van der Waals surface area (Å²) in [5, 5.41) is 3.55. The second-order valence-electron chi connectivity index (χ2n) is 8.50. The van der Waals surface area contributed by atoms with E-state index < -0.39 is 0 Å². The number of nitrogens with one attached hydrogen (secondary N) is 1. The van der Waals surface area contributed by atoms with Gasteiger partial charge in [-0.15, -0.1) is 0 Å². The van der Waals surface area contributed by atoms with Gasteiger partial charge in [-0.3, -0.25) is 4.98 Å². The van der Waals surface area contributed by atoms with Crippen LogP contribution in [0.1, 0.15) is 56.2 Å². The third kappa shape index (κ3) is 4.28. The van der Waals surface area contributed by atoms with Crippen LogP contribution in [0, 0.1) is 5.82 Å². The van der Waals surface area contributed by atoms with Crippen molar-refractivity contribution in [3.63, 3.8) is 0 Å². The number of rotatable bonds is 7. The Kier molecular flexibility index (Phi) is 6.07. The molecule has 1 aromatic heterocycles. The molecule has 2 aromatic rings. The van der Waals surface area contributed by atoms with Crippen molar-refractivity contribution in [2.24, 2.45) is 0 Å². The van der Waals surface area contributed by atoms with E-state index in [1.807, 2.05) is 24.4 Å². The molecule has 4 heteroatoms. The summed E-state index contributed by atoms with van der Waals surface area (Å²) in [7, 11) is 0. The van der Waals surface area contributed by atoms with E-state index >= 15 is 0 Å². The Hall–Kier alpha value is -1.78. The van der Waals surface area contributed by atoms with Crippen LogP contribution < -0.4 is 5.32 Å². The molecule has 4 rings (SSSR count). The summed E-state index contributed by atoms with van der Waals surface area (Å²) in [6.07, 6.45) is 10.7. The average molecular weight is 383 g/mol.